The first-order valence-electron chi connectivity index (χ1n) is 9.64. The Morgan fingerprint density at radius 2 is 2.20 bits per heavy atom. The maximum atomic E-state index is 12.7. The summed E-state index contributed by atoms with van der Waals surface area (Å²) in [5.74, 6) is 0.150. The standard InChI is InChI=1S/C20H22N4O4S2/c1-14-5-2-6-15(11-14)19-22-17(28-23-19)12-21-20(25)16-7-3-9-24(13-16)30(26,27)18-8-4-10-29-18/h2,4-6,8,10-11,16H,3,7,9,12-13H2,1H3,(H,21,25). The molecule has 1 aliphatic heterocycles. The highest BCUT2D eigenvalue weighted by Gasteiger charge is 2.33. The van der Waals surface area contributed by atoms with E-state index < -0.39 is 15.9 Å². The Morgan fingerprint density at radius 1 is 1.33 bits per heavy atom. The van der Waals surface area contributed by atoms with Crippen molar-refractivity contribution < 1.29 is 17.7 Å². The highest BCUT2D eigenvalue weighted by Crippen LogP contribution is 2.26. The van der Waals surface area contributed by atoms with Gasteiger partial charge in [0.25, 0.3) is 10.0 Å². The minimum absolute atomic E-state index is 0.103. The number of thiophene rings is 1. The van der Waals surface area contributed by atoms with E-state index in [4.69, 9.17) is 4.52 Å². The minimum atomic E-state index is -3.55. The van der Waals surface area contributed by atoms with Gasteiger partial charge in [0, 0.05) is 18.7 Å². The van der Waals surface area contributed by atoms with Crippen LogP contribution in [0.2, 0.25) is 0 Å². The molecule has 3 aromatic rings. The van der Waals surface area contributed by atoms with Crippen molar-refractivity contribution in [3.05, 3.63) is 53.2 Å². The SMILES string of the molecule is Cc1cccc(-c2noc(CNC(=O)C3CCCN(S(=O)(=O)c4cccs4)C3)n2)c1. The number of carbonyl (C=O) groups excluding carboxylic acids is 1. The zero-order valence-electron chi connectivity index (χ0n) is 16.4. The summed E-state index contributed by atoms with van der Waals surface area (Å²) >= 11 is 1.18. The number of piperidine rings is 1. The lowest BCUT2D eigenvalue weighted by molar-refractivity contribution is -0.126. The van der Waals surface area contributed by atoms with Crippen molar-refractivity contribution in [2.75, 3.05) is 13.1 Å². The molecule has 8 nitrogen and oxygen atoms in total. The van der Waals surface area contributed by atoms with Crippen molar-refractivity contribution >= 4 is 27.3 Å². The van der Waals surface area contributed by atoms with E-state index in [-0.39, 0.29) is 19.0 Å². The zero-order chi connectivity index (χ0) is 21.1. The highest BCUT2D eigenvalue weighted by molar-refractivity contribution is 7.91. The van der Waals surface area contributed by atoms with Gasteiger partial charge in [-0.05, 0) is 37.3 Å². The summed E-state index contributed by atoms with van der Waals surface area (Å²) in [5.41, 5.74) is 1.93. The Labute approximate surface area is 179 Å². The molecular formula is C20H22N4O4S2. The summed E-state index contributed by atoms with van der Waals surface area (Å²) < 4.78 is 32.4. The second-order valence-corrected chi connectivity index (χ2v) is 10.3. The molecule has 1 fully saturated rings. The average Bonchev–Trinajstić information content (AvgIpc) is 3.45. The lowest BCUT2D eigenvalue weighted by Crippen LogP contribution is -2.45. The van der Waals surface area contributed by atoms with Crippen molar-refractivity contribution in [1.29, 1.82) is 0 Å². The van der Waals surface area contributed by atoms with Gasteiger partial charge in [0.15, 0.2) is 0 Å². The first kappa shape index (κ1) is 20.7. The summed E-state index contributed by atoms with van der Waals surface area (Å²) in [7, 11) is -3.55. The Bertz CT molecular complexity index is 1130. The van der Waals surface area contributed by atoms with Gasteiger partial charge < -0.3 is 9.84 Å². The topological polar surface area (TPSA) is 105 Å². The van der Waals surface area contributed by atoms with Crippen LogP contribution in [0.3, 0.4) is 0 Å². The van der Waals surface area contributed by atoms with E-state index in [1.807, 2.05) is 31.2 Å². The lowest BCUT2D eigenvalue weighted by Gasteiger charge is -2.30. The van der Waals surface area contributed by atoms with Gasteiger partial charge in [-0.3, -0.25) is 4.79 Å². The summed E-state index contributed by atoms with van der Waals surface area (Å²) in [4.78, 5) is 17.0. The smallest absolute Gasteiger partial charge is 0.252 e. The third kappa shape index (κ3) is 4.45. The van der Waals surface area contributed by atoms with E-state index in [2.05, 4.69) is 15.5 Å². The molecule has 1 unspecified atom stereocenters. The quantitative estimate of drug-likeness (QED) is 0.624. The number of hydrogen-bond donors (Lipinski definition) is 1. The third-order valence-corrected chi connectivity index (χ3v) is 8.24. The number of hydrogen-bond acceptors (Lipinski definition) is 7. The molecule has 10 heteroatoms. The van der Waals surface area contributed by atoms with Crippen LogP contribution in [0.1, 0.15) is 24.3 Å². The first-order chi connectivity index (χ1) is 14.4. The molecule has 4 rings (SSSR count). The van der Waals surface area contributed by atoms with Gasteiger partial charge in [0.05, 0.1) is 12.5 Å². The van der Waals surface area contributed by atoms with Gasteiger partial charge in [-0.1, -0.05) is 35.0 Å². The van der Waals surface area contributed by atoms with E-state index in [1.54, 1.807) is 17.5 Å². The molecule has 158 valence electrons. The Morgan fingerprint density at radius 3 is 2.97 bits per heavy atom. The van der Waals surface area contributed by atoms with Crippen molar-refractivity contribution in [1.82, 2.24) is 19.8 Å². The fourth-order valence-corrected chi connectivity index (χ4v) is 6.12. The van der Waals surface area contributed by atoms with Gasteiger partial charge in [0.2, 0.25) is 17.6 Å². The van der Waals surface area contributed by atoms with Crippen LogP contribution in [0, 0.1) is 12.8 Å². The number of rotatable bonds is 6. The maximum Gasteiger partial charge on any atom is 0.252 e. The van der Waals surface area contributed by atoms with Crippen LogP contribution in [0.5, 0.6) is 0 Å². The molecule has 0 bridgehead atoms. The molecular weight excluding hydrogens is 424 g/mol. The summed E-state index contributed by atoms with van der Waals surface area (Å²) in [6, 6.07) is 11.0. The Hall–Kier alpha value is -2.56. The summed E-state index contributed by atoms with van der Waals surface area (Å²) in [6.07, 6.45) is 1.28. The Balaban J connectivity index is 1.36. The molecule has 1 N–H and O–H groups in total. The van der Waals surface area contributed by atoms with Crippen molar-refractivity contribution in [3.8, 4) is 11.4 Å². The highest BCUT2D eigenvalue weighted by atomic mass is 32.2. The van der Waals surface area contributed by atoms with Gasteiger partial charge >= 0.3 is 0 Å². The molecule has 2 aromatic heterocycles. The van der Waals surface area contributed by atoms with E-state index in [0.717, 1.165) is 11.1 Å². The molecule has 30 heavy (non-hydrogen) atoms. The summed E-state index contributed by atoms with van der Waals surface area (Å²) in [6.45, 7) is 2.68. The zero-order valence-corrected chi connectivity index (χ0v) is 18.1. The fourth-order valence-electron chi connectivity index (χ4n) is 3.45. The van der Waals surface area contributed by atoms with E-state index in [1.165, 1.54) is 15.6 Å². The van der Waals surface area contributed by atoms with Crippen molar-refractivity contribution in [3.63, 3.8) is 0 Å². The van der Waals surface area contributed by atoms with Gasteiger partial charge in [-0.2, -0.15) is 9.29 Å². The predicted molar refractivity (Wildman–Crippen MR) is 112 cm³/mol. The van der Waals surface area contributed by atoms with E-state index >= 15 is 0 Å². The van der Waals surface area contributed by atoms with Gasteiger partial charge in [-0.25, -0.2) is 8.42 Å². The first-order valence-corrected chi connectivity index (χ1v) is 12.0. The molecule has 0 radical (unpaired) electrons. The van der Waals surface area contributed by atoms with Crippen LogP contribution in [-0.2, 0) is 21.4 Å². The molecule has 0 saturated carbocycles. The Kier molecular flexibility index (Phi) is 5.98. The molecule has 1 aromatic carbocycles. The second kappa shape index (κ2) is 8.66. The minimum Gasteiger partial charge on any atom is -0.347 e. The molecule has 1 atom stereocenters. The lowest BCUT2D eigenvalue weighted by atomic mass is 9.99. The van der Waals surface area contributed by atoms with E-state index in [9.17, 15) is 13.2 Å². The van der Waals surface area contributed by atoms with Gasteiger partial charge in [0.1, 0.15) is 4.21 Å². The van der Waals surface area contributed by atoms with Crippen LogP contribution in [0.25, 0.3) is 11.4 Å². The van der Waals surface area contributed by atoms with Crippen LogP contribution >= 0.6 is 11.3 Å². The van der Waals surface area contributed by atoms with Crippen LogP contribution < -0.4 is 5.32 Å². The maximum absolute atomic E-state index is 12.7. The number of benzene rings is 1. The average molecular weight is 447 g/mol. The monoisotopic (exact) mass is 446 g/mol. The van der Waals surface area contributed by atoms with Gasteiger partial charge in [-0.15, -0.1) is 11.3 Å². The third-order valence-electron chi connectivity index (χ3n) is 5.00. The van der Waals surface area contributed by atoms with Crippen molar-refractivity contribution in [2.24, 2.45) is 5.92 Å². The van der Waals surface area contributed by atoms with E-state index in [0.29, 0.717) is 35.3 Å². The molecule has 3 heterocycles. The largest absolute Gasteiger partial charge is 0.347 e. The van der Waals surface area contributed by atoms with Crippen LogP contribution in [-0.4, -0.2) is 41.9 Å². The second-order valence-electron chi connectivity index (χ2n) is 7.23. The molecule has 1 saturated heterocycles. The number of nitrogens with one attached hydrogen (secondary N) is 1. The predicted octanol–water partition coefficient (Wildman–Crippen LogP) is 2.82. The normalized spacial score (nSPS) is 17.7. The molecule has 0 spiro atoms. The number of carbonyl (C=O) groups is 1. The molecule has 0 aliphatic carbocycles. The number of aromatic nitrogens is 2. The number of nitrogens with zero attached hydrogens (tertiary/aromatic N) is 3. The number of aryl methyl sites for hydroxylation is 1. The number of amides is 1. The van der Waals surface area contributed by atoms with Crippen LogP contribution in [0.15, 0.2) is 50.5 Å². The molecule has 1 amide bonds. The number of sulfonamides is 1. The van der Waals surface area contributed by atoms with Crippen molar-refractivity contribution in [2.45, 2.75) is 30.5 Å². The van der Waals surface area contributed by atoms with Crippen LogP contribution in [0.4, 0.5) is 0 Å². The fraction of sp³-hybridized carbons (Fsp3) is 0.350. The summed E-state index contributed by atoms with van der Waals surface area (Å²) in [5, 5.41) is 8.50. The molecule has 1 aliphatic rings.